The maximum absolute atomic E-state index is 12.4. The summed E-state index contributed by atoms with van der Waals surface area (Å²) in [6.45, 7) is 1.34. The van der Waals surface area contributed by atoms with Gasteiger partial charge in [-0.15, -0.1) is 11.8 Å². The van der Waals surface area contributed by atoms with Crippen molar-refractivity contribution in [2.75, 3.05) is 29.6 Å². The number of carbonyl (C=O) groups is 1. The average molecular weight is 312 g/mol. The molecule has 4 heteroatoms. The molecule has 1 aliphatic heterocycles. The summed E-state index contributed by atoms with van der Waals surface area (Å²) in [5.41, 5.74) is 3.43. The molecule has 22 heavy (non-hydrogen) atoms. The lowest BCUT2D eigenvalue weighted by atomic mass is 10.0. The van der Waals surface area contributed by atoms with Crippen LogP contribution in [-0.4, -0.2) is 25.3 Å². The van der Waals surface area contributed by atoms with Gasteiger partial charge in [-0.2, -0.15) is 0 Å². The molecule has 0 radical (unpaired) electrons. The fourth-order valence-electron chi connectivity index (χ4n) is 2.89. The summed E-state index contributed by atoms with van der Waals surface area (Å²) >= 11 is 1.64. The average Bonchev–Trinajstić information content (AvgIpc) is 2.55. The van der Waals surface area contributed by atoms with Crippen LogP contribution in [0.1, 0.15) is 12.0 Å². The summed E-state index contributed by atoms with van der Waals surface area (Å²) in [5, 5.41) is 3.04. The standard InChI is InChI=1S/C18H20N2OS/c1-22-17-11-5-3-9-15(17)19-18(21)13-20-12-6-8-14-7-2-4-10-16(14)20/h2-5,7,9-11H,6,8,12-13H2,1H3,(H,19,21). The van der Waals surface area contributed by atoms with Gasteiger partial charge >= 0.3 is 0 Å². The van der Waals surface area contributed by atoms with Gasteiger partial charge in [-0.3, -0.25) is 4.79 Å². The van der Waals surface area contributed by atoms with Crippen LogP contribution in [0.15, 0.2) is 53.4 Å². The molecule has 0 aliphatic carbocycles. The fourth-order valence-corrected chi connectivity index (χ4v) is 3.44. The number of rotatable bonds is 4. The van der Waals surface area contributed by atoms with Crippen molar-refractivity contribution in [3.05, 3.63) is 54.1 Å². The highest BCUT2D eigenvalue weighted by molar-refractivity contribution is 7.98. The number of anilines is 2. The number of amides is 1. The molecule has 3 nitrogen and oxygen atoms in total. The number of fused-ring (bicyclic) bond motifs is 1. The van der Waals surface area contributed by atoms with Crippen molar-refractivity contribution in [2.24, 2.45) is 0 Å². The molecule has 2 aromatic carbocycles. The molecule has 0 bridgehead atoms. The molecule has 0 spiro atoms. The summed E-state index contributed by atoms with van der Waals surface area (Å²) in [6.07, 6.45) is 4.22. The minimum atomic E-state index is 0.0400. The van der Waals surface area contributed by atoms with Crippen LogP contribution in [0.3, 0.4) is 0 Å². The molecule has 3 rings (SSSR count). The molecule has 0 saturated heterocycles. The van der Waals surface area contributed by atoms with Gasteiger partial charge in [0.1, 0.15) is 0 Å². The third-order valence-corrected chi connectivity index (χ3v) is 4.72. The predicted octanol–water partition coefficient (Wildman–Crippen LogP) is 3.80. The van der Waals surface area contributed by atoms with E-state index in [-0.39, 0.29) is 5.91 Å². The van der Waals surface area contributed by atoms with E-state index < -0.39 is 0 Å². The first-order chi connectivity index (χ1) is 10.8. The molecule has 1 N–H and O–H groups in total. The lowest BCUT2D eigenvalue weighted by molar-refractivity contribution is -0.115. The SMILES string of the molecule is CSc1ccccc1NC(=O)CN1CCCc2ccccc21. The highest BCUT2D eigenvalue weighted by atomic mass is 32.2. The van der Waals surface area contributed by atoms with E-state index in [2.05, 4.69) is 28.4 Å². The fraction of sp³-hybridized carbons (Fsp3) is 0.278. The summed E-state index contributed by atoms with van der Waals surface area (Å²) in [4.78, 5) is 15.7. The topological polar surface area (TPSA) is 32.3 Å². The number of nitrogens with one attached hydrogen (secondary N) is 1. The Kier molecular flexibility index (Phi) is 4.68. The Morgan fingerprint density at radius 2 is 1.95 bits per heavy atom. The van der Waals surface area contributed by atoms with E-state index in [0.717, 1.165) is 30.0 Å². The monoisotopic (exact) mass is 312 g/mol. The van der Waals surface area contributed by atoms with Crippen LogP contribution in [0.5, 0.6) is 0 Å². The quantitative estimate of drug-likeness (QED) is 0.872. The molecule has 0 aromatic heterocycles. The van der Waals surface area contributed by atoms with Crippen molar-refractivity contribution in [1.82, 2.24) is 0 Å². The smallest absolute Gasteiger partial charge is 0.243 e. The first-order valence-electron chi connectivity index (χ1n) is 7.53. The summed E-state index contributed by atoms with van der Waals surface area (Å²) in [7, 11) is 0. The van der Waals surface area contributed by atoms with E-state index >= 15 is 0 Å². The van der Waals surface area contributed by atoms with E-state index in [1.165, 1.54) is 11.3 Å². The minimum Gasteiger partial charge on any atom is -0.362 e. The highest BCUT2D eigenvalue weighted by Gasteiger charge is 2.18. The maximum Gasteiger partial charge on any atom is 0.243 e. The molecule has 1 amide bonds. The van der Waals surface area contributed by atoms with Crippen LogP contribution in [0.4, 0.5) is 11.4 Å². The molecule has 0 saturated carbocycles. The van der Waals surface area contributed by atoms with E-state index in [1.54, 1.807) is 11.8 Å². The molecule has 1 aliphatic rings. The molecule has 1 heterocycles. The number of nitrogens with zero attached hydrogens (tertiary/aromatic N) is 1. The Bertz CT molecular complexity index is 672. The highest BCUT2D eigenvalue weighted by Crippen LogP contribution is 2.27. The van der Waals surface area contributed by atoms with Crippen LogP contribution >= 0.6 is 11.8 Å². The molecule has 114 valence electrons. The predicted molar refractivity (Wildman–Crippen MR) is 93.8 cm³/mol. The Balaban J connectivity index is 1.70. The second-order valence-electron chi connectivity index (χ2n) is 5.40. The molecule has 2 aromatic rings. The van der Waals surface area contributed by atoms with Crippen molar-refractivity contribution in [2.45, 2.75) is 17.7 Å². The number of aryl methyl sites for hydroxylation is 1. The van der Waals surface area contributed by atoms with Crippen molar-refractivity contribution in [3.8, 4) is 0 Å². The summed E-state index contributed by atoms with van der Waals surface area (Å²) < 4.78 is 0. The minimum absolute atomic E-state index is 0.0400. The number of hydrogen-bond donors (Lipinski definition) is 1. The molecule has 0 unspecified atom stereocenters. The van der Waals surface area contributed by atoms with E-state index in [1.807, 2.05) is 36.6 Å². The van der Waals surface area contributed by atoms with Crippen LogP contribution in [0.25, 0.3) is 0 Å². The Morgan fingerprint density at radius 1 is 1.18 bits per heavy atom. The van der Waals surface area contributed by atoms with E-state index in [4.69, 9.17) is 0 Å². The summed E-state index contributed by atoms with van der Waals surface area (Å²) in [6, 6.07) is 16.3. The number of hydrogen-bond acceptors (Lipinski definition) is 3. The van der Waals surface area contributed by atoms with E-state index in [9.17, 15) is 4.79 Å². The van der Waals surface area contributed by atoms with Crippen molar-refractivity contribution >= 4 is 29.0 Å². The number of thioether (sulfide) groups is 1. The van der Waals surface area contributed by atoms with Crippen LogP contribution in [-0.2, 0) is 11.2 Å². The largest absolute Gasteiger partial charge is 0.362 e. The van der Waals surface area contributed by atoms with Gasteiger partial charge in [-0.1, -0.05) is 30.3 Å². The molecule has 0 atom stereocenters. The first-order valence-corrected chi connectivity index (χ1v) is 8.76. The zero-order valence-corrected chi connectivity index (χ0v) is 13.5. The van der Waals surface area contributed by atoms with Crippen LogP contribution in [0, 0.1) is 0 Å². The second kappa shape index (κ2) is 6.88. The number of para-hydroxylation sites is 2. The zero-order chi connectivity index (χ0) is 15.4. The van der Waals surface area contributed by atoms with Crippen LogP contribution < -0.4 is 10.2 Å². The lowest BCUT2D eigenvalue weighted by Crippen LogP contribution is -2.36. The van der Waals surface area contributed by atoms with Gasteiger partial charge in [0.15, 0.2) is 0 Å². The van der Waals surface area contributed by atoms with Crippen molar-refractivity contribution < 1.29 is 4.79 Å². The third-order valence-electron chi connectivity index (χ3n) is 3.92. The Hall–Kier alpha value is -1.94. The van der Waals surface area contributed by atoms with Crippen molar-refractivity contribution in [1.29, 1.82) is 0 Å². The van der Waals surface area contributed by atoms with Gasteiger partial charge < -0.3 is 10.2 Å². The Morgan fingerprint density at radius 3 is 2.82 bits per heavy atom. The zero-order valence-electron chi connectivity index (χ0n) is 12.7. The second-order valence-corrected chi connectivity index (χ2v) is 6.25. The van der Waals surface area contributed by atoms with Gasteiger partial charge in [-0.25, -0.2) is 0 Å². The molecular formula is C18H20N2OS. The maximum atomic E-state index is 12.4. The Labute approximate surface area is 135 Å². The first kappa shape index (κ1) is 15.0. The number of benzene rings is 2. The third kappa shape index (κ3) is 3.28. The normalized spacial score (nSPS) is 13.6. The van der Waals surface area contributed by atoms with Gasteiger partial charge in [0.2, 0.25) is 5.91 Å². The summed E-state index contributed by atoms with van der Waals surface area (Å²) in [5.74, 6) is 0.0400. The van der Waals surface area contributed by atoms with Crippen molar-refractivity contribution in [3.63, 3.8) is 0 Å². The van der Waals surface area contributed by atoms with Gasteiger partial charge in [0.25, 0.3) is 0 Å². The van der Waals surface area contributed by atoms with E-state index in [0.29, 0.717) is 6.54 Å². The number of carbonyl (C=O) groups excluding carboxylic acids is 1. The molecular weight excluding hydrogens is 292 g/mol. The van der Waals surface area contributed by atoms with Gasteiger partial charge in [-0.05, 0) is 42.9 Å². The van der Waals surface area contributed by atoms with Gasteiger partial charge in [0.05, 0.1) is 12.2 Å². The van der Waals surface area contributed by atoms with Gasteiger partial charge in [0, 0.05) is 17.1 Å². The van der Waals surface area contributed by atoms with Crippen LogP contribution in [0.2, 0.25) is 0 Å². The lowest BCUT2D eigenvalue weighted by Gasteiger charge is -2.30. The molecule has 0 fully saturated rings.